The van der Waals surface area contributed by atoms with Gasteiger partial charge >= 0.3 is 12.1 Å². The predicted molar refractivity (Wildman–Crippen MR) is 53.4 cm³/mol. The van der Waals surface area contributed by atoms with Crippen LogP contribution in [0.5, 0.6) is 0 Å². The van der Waals surface area contributed by atoms with Crippen molar-refractivity contribution >= 4 is 12.1 Å². The Kier molecular flexibility index (Phi) is 2.48. The van der Waals surface area contributed by atoms with Crippen LogP contribution in [-0.2, 0) is 16.7 Å². The predicted octanol–water partition coefficient (Wildman–Crippen LogP) is 0.780. The first-order chi connectivity index (χ1) is 8.02. The standard InChI is InChI=1S/C10H9N3O4/c1-12-5-6(2-7(12)4-11)8-3-9(14)17-13(8)10(15)16/h2,5,8H,3H2,1H3,(H,15,16). The van der Waals surface area contributed by atoms with E-state index in [1.54, 1.807) is 23.9 Å². The zero-order chi connectivity index (χ0) is 12.6. The van der Waals surface area contributed by atoms with Crippen molar-refractivity contribution < 1.29 is 19.5 Å². The Hall–Kier alpha value is -2.49. The van der Waals surface area contributed by atoms with Crippen molar-refractivity contribution in [3.63, 3.8) is 0 Å². The number of aromatic nitrogens is 1. The molecule has 0 aromatic carbocycles. The third-order valence-corrected chi connectivity index (χ3v) is 2.56. The molecule has 0 bridgehead atoms. The number of hydrogen-bond acceptors (Lipinski definition) is 4. The van der Waals surface area contributed by atoms with Crippen LogP contribution in [-0.4, -0.2) is 26.8 Å². The Balaban J connectivity index is 2.35. The zero-order valence-corrected chi connectivity index (χ0v) is 8.95. The minimum absolute atomic E-state index is 0.0405. The molecule has 0 aliphatic carbocycles. The van der Waals surface area contributed by atoms with E-state index in [9.17, 15) is 9.59 Å². The van der Waals surface area contributed by atoms with Crippen molar-refractivity contribution in [1.82, 2.24) is 9.63 Å². The Bertz CT molecular complexity index is 528. The first-order valence-corrected chi connectivity index (χ1v) is 4.82. The van der Waals surface area contributed by atoms with Crippen LogP contribution in [0.3, 0.4) is 0 Å². The van der Waals surface area contributed by atoms with Gasteiger partial charge in [0.15, 0.2) is 0 Å². The number of nitrogens with zero attached hydrogens (tertiary/aromatic N) is 3. The van der Waals surface area contributed by atoms with Gasteiger partial charge in [0, 0.05) is 13.2 Å². The molecule has 7 heteroatoms. The summed E-state index contributed by atoms with van der Waals surface area (Å²) >= 11 is 0. The fourth-order valence-corrected chi connectivity index (χ4v) is 1.76. The highest BCUT2D eigenvalue weighted by atomic mass is 16.7. The lowest BCUT2D eigenvalue weighted by atomic mass is 10.1. The molecule has 1 aliphatic rings. The van der Waals surface area contributed by atoms with Crippen LogP contribution in [0.4, 0.5) is 4.79 Å². The van der Waals surface area contributed by atoms with Crippen LogP contribution in [0.25, 0.3) is 0 Å². The van der Waals surface area contributed by atoms with Crippen LogP contribution in [0, 0.1) is 11.3 Å². The molecule has 1 amide bonds. The van der Waals surface area contributed by atoms with E-state index in [4.69, 9.17) is 10.4 Å². The number of carbonyl (C=O) groups excluding carboxylic acids is 1. The lowest BCUT2D eigenvalue weighted by molar-refractivity contribution is -0.166. The van der Waals surface area contributed by atoms with Gasteiger partial charge in [0.25, 0.3) is 0 Å². The van der Waals surface area contributed by atoms with Gasteiger partial charge in [-0.05, 0) is 11.6 Å². The molecule has 1 N–H and O–H groups in total. The highest BCUT2D eigenvalue weighted by Crippen LogP contribution is 2.31. The lowest BCUT2D eigenvalue weighted by Gasteiger charge is -2.16. The third-order valence-electron chi connectivity index (χ3n) is 2.56. The SMILES string of the molecule is Cn1cc(C2CC(=O)ON2C(=O)O)cc1C#N. The molecule has 7 nitrogen and oxygen atoms in total. The summed E-state index contributed by atoms with van der Waals surface area (Å²) in [5.41, 5.74) is 0.960. The number of hydrogen-bond donors (Lipinski definition) is 1. The number of amides is 1. The quantitative estimate of drug-likeness (QED) is 0.775. The second-order valence-corrected chi connectivity index (χ2v) is 3.67. The summed E-state index contributed by atoms with van der Waals surface area (Å²) in [7, 11) is 1.67. The molecule has 2 rings (SSSR count). The molecule has 1 aliphatic heterocycles. The minimum Gasteiger partial charge on any atom is -0.463 e. The maximum atomic E-state index is 11.1. The third kappa shape index (κ3) is 1.80. The summed E-state index contributed by atoms with van der Waals surface area (Å²) in [4.78, 5) is 26.5. The molecule has 2 heterocycles. The Morgan fingerprint density at radius 3 is 2.94 bits per heavy atom. The van der Waals surface area contributed by atoms with E-state index in [0.717, 1.165) is 0 Å². The Morgan fingerprint density at radius 2 is 2.41 bits per heavy atom. The second-order valence-electron chi connectivity index (χ2n) is 3.67. The van der Waals surface area contributed by atoms with Gasteiger partial charge in [-0.2, -0.15) is 5.26 Å². The number of rotatable bonds is 1. The van der Waals surface area contributed by atoms with Crippen LogP contribution < -0.4 is 0 Å². The van der Waals surface area contributed by atoms with Crippen LogP contribution in [0.2, 0.25) is 0 Å². The molecule has 1 atom stereocenters. The summed E-state index contributed by atoms with van der Waals surface area (Å²) < 4.78 is 1.57. The summed E-state index contributed by atoms with van der Waals surface area (Å²) in [6.45, 7) is 0. The minimum atomic E-state index is -1.33. The maximum absolute atomic E-state index is 11.1. The highest BCUT2D eigenvalue weighted by Gasteiger charge is 2.38. The largest absolute Gasteiger partial charge is 0.463 e. The molecular formula is C10H9N3O4. The van der Waals surface area contributed by atoms with Crippen molar-refractivity contribution in [2.45, 2.75) is 12.5 Å². The molecule has 1 fully saturated rings. The van der Waals surface area contributed by atoms with E-state index in [2.05, 4.69) is 4.84 Å². The van der Waals surface area contributed by atoms with Gasteiger partial charge in [0.2, 0.25) is 0 Å². The fourth-order valence-electron chi connectivity index (χ4n) is 1.76. The van der Waals surface area contributed by atoms with E-state index in [1.807, 2.05) is 6.07 Å². The first-order valence-electron chi connectivity index (χ1n) is 4.82. The molecule has 1 unspecified atom stereocenters. The molecular weight excluding hydrogens is 226 g/mol. The summed E-state index contributed by atoms with van der Waals surface area (Å²) in [5.74, 6) is -0.597. The summed E-state index contributed by atoms with van der Waals surface area (Å²) in [6.07, 6.45) is 0.241. The van der Waals surface area contributed by atoms with E-state index in [-0.39, 0.29) is 6.42 Å². The van der Waals surface area contributed by atoms with Crippen LogP contribution >= 0.6 is 0 Å². The van der Waals surface area contributed by atoms with E-state index in [0.29, 0.717) is 16.3 Å². The second kappa shape index (κ2) is 3.83. The number of aryl methyl sites for hydroxylation is 1. The van der Waals surface area contributed by atoms with Gasteiger partial charge in [0.05, 0.1) is 6.42 Å². The molecule has 1 aromatic heterocycles. The van der Waals surface area contributed by atoms with E-state index in [1.165, 1.54) is 0 Å². The topological polar surface area (TPSA) is 95.6 Å². The van der Waals surface area contributed by atoms with Gasteiger partial charge in [-0.15, -0.1) is 5.06 Å². The van der Waals surface area contributed by atoms with Crippen molar-refractivity contribution in [2.24, 2.45) is 7.05 Å². The molecule has 1 saturated heterocycles. The van der Waals surface area contributed by atoms with Gasteiger partial charge in [-0.1, -0.05) is 0 Å². The van der Waals surface area contributed by atoms with Crippen LogP contribution in [0.1, 0.15) is 23.7 Å². The number of carbonyl (C=O) groups is 2. The Morgan fingerprint density at radius 1 is 1.71 bits per heavy atom. The normalized spacial score (nSPS) is 18.9. The van der Waals surface area contributed by atoms with E-state index < -0.39 is 18.1 Å². The smallest absolute Gasteiger partial charge is 0.441 e. The van der Waals surface area contributed by atoms with Crippen molar-refractivity contribution in [1.29, 1.82) is 5.26 Å². The number of hydroxylamine groups is 2. The van der Waals surface area contributed by atoms with Gasteiger partial charge in [-0.3, -0.25) is 0 Å². The van der Waals surface area contributed by atoms with Gasteiger partial charge < -0.3 is 14.5 Å². The molecule has 0 saturated carbocycles. The lowest BCUT2D eigenvalue weighted by Crippen LogP contribution is -2.27. The van der Waals surface area contributed by atoms with Crippen molar-refractivity contribution in [3.05, 3.63) is 23.5 Å². The maximum Gasteiger partial charge on any atom is 0.441 e. The first kappa shape index (κ1) is 11.0. The van der Waals surface area contributed by atoms with Crippen molar-refractivity contribution in [2.75, 3.05) is 0 Å². The average molecular weight is 235 g/mol. The number of carboxylic acid groups (broad SMARTS) is 1. The molecule has 0 radical (unpaired) electrons. The Labute approximate surface area is 96.4 Å². The monoisotopic (exact) mass is 235 g/mol. The molecule has 88 valence electrons. The molecule has 0 spiro atoms. The molecule has 1 aromatic rings. The zero-order valence-electron chi connectivity index (χ0n) is 8.95. The average Bonchev–Trinajstić information content (AvgIpc) is 2.81. The summed E-state index contributed by atoms with van der Waals surface area (Å²) in [5, 5.41) is 18.3. The molecule has 17 heavy (non-hydrogen) atoms. The highest BCUT2D eigenvalue weighted by molar-refractivity contribution is 5.77. The van der Waals surface area contributed by atoms with Gasteiger partial charge in [-0.25, -0.2) is 9.59 Å². The van der Waals surface area contributed by atoms with Crippen molar-refractivity contribution in [3.8, 4) is 6.07 Å². The van der Waals surface area contributed by atoms with Gasteiger partial charge in [0.1, 0.15) is 17.8 Å². The number of nitriles is 1. The van der Waals surface area contributed by atoms with E-state index >= 15 is 0 Å². The summed E-state index contributed by atoms with van der Waals surface area (Å²) in [6, 6.07) is 2.82. The van der Waals surface area contributed by atoms with Crippen LogP contribution in [0.15, 0.2) is 12.3 Å². The fraction of sp³-hybridized carbons (Fsp3) is 0.300.